The van der Waals surface area contributed by atoms with Gasteiger partial charge in [-0.2, -0.15) is 0 Å². The van der Waals surface area contributed by atoms with Crippen molar-refractivity contribution < 1.29 is 19.3 Å². The van der Waals surface area contributed by atoms with Crippen LogP contribution in [0.2, 0.25) is 0 Å². The minimum atomic E-state index is -1.01. The van der Waals surface area contributed by atoms with E-state index in [2.05, 4.69) is 0 Å². The summed E-state index contributed by atoms with van der Waals surface area (Å²) >= 11 is 0. The lowest BCUT2D eigenvalue weighted by atomic mass is 9.96. The first-order valence-corrected chi connectivity index (χ1v) is 5.94. The SMILES string of the molecule is COc1ccc(CCC(C)(O)C(OC)OC)cc1. The number of aliphatic hydroxyl groups is 1. The Morgan fingerprint density at radius 3 is 2.11 bits per heavy atom. The monoisotopic (exact) mass is 254 g/mol. The van der Waals surface area contributed by atoms with Crippen LogP contribution < -0.4 is 4.74 Å². The van der Waals surface area contributed by atoms with Crippen LogP contribution in [0.3, 0.4) is 0 Å². The molecule has 1 aromatic rings. The standard InChI is InChI=1S/C14H22O4/c1-14(15,13(17-3)18-4)10-9-11-5-7-12(16-2)8-6-11/h5-8,13,15H,9-10H2,1-4H3. The van der Waals surface area contributed by atoms with Crippen molar-refractivity contribution in [2.24, 2.45) is 0 Å². The molecular formula is C14H22O4. The predicted molar refractivity (Wildman–Crippen MR) is 69.7 cm³/mol. The zero-order valence-corrected chi connectivity index (χ0v) is 11.5. The quantitative estimate of drug-likeness (QED) is 0.756. The molecule has 0 saturated heterocycles. The number of aryl methyl sites for hydroxylation is 1. The second kappa shape index (κ2) is 6.73. The molecule has 1 unspecified atom stereocenters. The van der Waals surface area contributed by atoms with Crippen molar-refractivity contribution in [1.82, 2.24) is 0 Å². The van der Waals surface area contributed by atoms with Crippen LogP contribution in [0.15, 0.2) is 24.3 Å². The van der Waals surface area contributed by atoms with Crippen LogP contribution in [0.4, 0.5) is 0 Å². The molecule has 0 fully saturated rings. The molecule has 4 heteroatoms. The van der Waals surface area contributed by atoms with Crippen LogP contribution in [0, 0.1) is 0 Å². The Labute approximate surface area is 108 Å². The van der Waals surface area contributed by atoms with E-state index in [0.717, 1.165) is 17.7 Å². The molecule has 0 aliphatic carbocycles. The number of hydrogen-bond donors (Lipinski definition) is 1. The molecule has 1 rings (SSSR count). The molecule has 0 aromatic heterocycles. The van der Waals surface area contributed by atoms with E-state index in [9.17, 15) is 5.11 Å². The Kier molecular flexibility index (Phi) is 5.59. The topological polar surface area (TPSA) is 47.9 Å². The number of benzene rings is 1. The van der Waals surface area contributed by atoms with Gasteiger partial charge in [-0.1, -0.05) is 12.1 Å². The number of methoxy groups -OCH3 is 3. The van der Waals surface area contributed by atoms with Crippen molar-refractivity contribution in [3.05, 3.63) is 29.8 Å². The van der Waals surface area contributed by atoms with Gasteiger partial charge >= 0.3 is 0 Å². The molecule has 0 aliphatic rings. The maximum atomic E-state index is 10.3. The maximum Gasteiger partial charge on any atom is 0.185 e. The maximum absolute atomic E-state index is 10.3. The van der Waals surface area contributed by atoms with Crippen molar-refractivity contribution in [2.45, 2.75) is 31.7 Å². The van der Waals surface area contributed by atoms with Crippen molar-refractivity contribution in [3.8, 4) is 5.75 Å². The Hall–Kier alpha value is -1.10. The summed E-state index contributed by atoms with van der Waals surface area (Å²) in [5.74, 6) is 0.831. The highest BCUT2D eigenvalue weighted by Gasteiger charge is 2.31. The molecule has 0 amide bonds. The molecule has 4 nitrogen and oxygen atoms in total. The van der Waals surface area contributed by atoms with Gasteiger partial charge in [-0.15, -0.1) is 0 Å². The summed E-state index contributed by atoms with van der Waals surface area (Å²) < 4.78 is 15.3. The lowest BCUT2D eigenvalue weighted by Gasteiger charge is -2.30. The number of rotatable bonds is 7. The third kappa shape index (κ3) is 3.98. The van der Waals surface area contributed by atoms with E-state index in [1.807, 2.05) is 24.3 Å². The van der Waals surface area contributed by atoms with Crippen LogP contribution in [0.1, 0.15) is 18.9 Å². The molecule has 0 saturated carbocycles. The summed E-state index contributed by atoms with van der Waals surface area (Å²) in [6.07, 6.45) is 0.696. The van der Waals surface area contributed by atoms with Gasteiger partial charge in [0.25, 0.3) is 0 Å². The Morgan fingerprint density at radius 1 is 1.11 bits per heavy atom. The summed E-state index contributed by atoms with van der Waals surface area (Å²) in [7, 11) is 4.69. The second-order valence-corrected chi connectivity index (χ2v) is 4.51. The van der Waals surface area contributed by atoms with Crippen molar-refractivity contribution in [1.29, 1.82) is 0 Å². The molecule has 102 valence electrons. The van der Waals surface area contributed by atoms with Gasteiger partial charge in [0.05, 0.1) is 7.11 Å². The average Bonchev–Trinajstić information content (AvgIpc) is 2.38. The minimum Gasteiger partial charge on any atom is -0.497 e. The van der Waals surface area contributed by atoms with Gasteiger partial charge in [0.15, 0.2) is 6.29 Å². The third-order valence-electron chi connectivity index (χ3n) is 3.01. The Bertz CT molecular complexity index is 341. The first kappa shape index (κ1) is 15.0. The summed E-state index contributed by atoms with van der Waals surface area (Å²) in [6, 6.07) is 7.80. The van der Waals surface area contributed by atoms with Crippen LogP contribution in [0.5, 0.6) is 5.75 Å². The number of ether oxygens (including phenoxy) is 3. The molecule has 0 aliphatic heterocycles. The van der Waals surface area contributed by atoms with Gasteiger partial charge in [0.1, 0.15) is 11.4 Å². The van der Waals surface area contributed by atoms with Crippen molar-refractivity contribution in [3.63, 3.8) is 0 Å². The first-order chi connectivity index (χ1) is 8.53. The number of hydrogen-bond acceptors (Lipinski definition) is 4. The van der Waals surface area contributed by atoms with E-state index in [0.29, 0.717) is 6.42 Å². The molecular weight excluding hydrogens is 232 g/mol. The van der Waals surface area contributed by atoms with E-state index in [1.54, 1.807) is 14.0 Å². The van der Waals surface area contributed by atoms with Crippen molar-refractivity contribution in [2.75, 3.05) is 21.3 Å². The van der Waals surface area contributed by atoms with Gasteiger partial charge in [-0.25, -0.2) is 0 Å². The smallest absolute Gasteiger partial charge is 0.185 e. The minimum absolute atomic E-state index is 0.561. The molecule has 0 spiro atoms. The largest absolute Gasteiger partial charge is 0.497 e. The molecule has 0 heterocycles. The zero-order valence-electron chi connectivity index (χ0n) is 11.5. The van der Waals surface area contributed by atoms with E-state index in [-0.39, 0.29) is 0 Å². The highest BCUT2D eigenvalue weighted by Crippen LogP contribution is 2.21. The average molecular weight is 254 g/mol. The third-order valence-corrected chi connectivity index (χ3v) is 3.01. The van der Waals surface area contributed by atoms with Gasteiger partial charge in [0, 0.05) is 14.2 Å². The van der Waals surface area contributed by atoms with E-state index in [1.165, 1.54) is 14.2 Å². The fourth-order valence-electron chi connectivity index (χ4n) is 1.91. The summed E-state index contributed by atoms with van der Waals surface area (Å²) in [4.78, 5) is 0. The fraction of sp³-hybridized carbons (Fsp3) is 0.571. The van der Waals surface area contributed by atoms with Gasteiger partial charge in [0.2, 0.25) is 0 Å². The lowest BCUT2D eigenvalue weighted by Crippen LogP contribution is -2.42. The molecule has 1 N–H and O–H groups in total. The Balaban J connectivity index is 2.57. The Morgan fingerprint density at radius 2 is 1.67 bits per heavy atom. The lowest BCUT2D eigenvalue weighted by molar-refractivity contribution is -0.210. The summed E-state index contributed by atoms with van der Waals surface area (Å²) in [5.41, 5.74) is 0.130. The normalized spacial score (nSPS) is 14.6. The van der Waals surface area contributed by atoms with Crippen molar-refractivity contribution >= 4 is 0 Å². The van der Waals surface area contributed by atoms with E-state index < -0.39 is 11.9 Å². The van der Waals surface area contributed by atoms with E-state index >= 15 is 0 Å². The van der Waals surface area contributed by atoms with Gasteiger partial charge in [-0.3, -0.25) is 0 Å². The fourth-order valence-corrected chi connectivity index (χ4v) is 1.91. The van der Waals surface area contributed by atoms with E-state index in [4.69, 9.17) is 14.2 Å². The molecule has 18 heavy (non-hydrogen) atoms. The molecule has 1 aromatic carbocycles. The van der Waals surface area contributed by atoms with Crippen LogP contribution in [0.25, 0.3) is 0 Å². The highest BCUT2D eigenvalue weighted by atomic mass is 16.7. The summed E-state index contributed by atoms with van der Waals surface area (Å²) in [6.45, 7) is 1.72. The first-order valence-electron chi connectivity index (χ1n) is 5.94. The second-order valence-electron chi connectivity index (χ2n) is 4.51. The molecule has 0 radical (unpaired) electrons. The molecule has 0 bridgehead atoms. The zero-order chi connectivity index (χ0) is 13.6. The van der Waals surface area contributed by atoms with Crippen LogP contribution in [-0.4, -0.2) is 38.3 Å². The predicted octanol–water partition coefficient (Wildman–Crippen LogP) is 2.00. The van der Waals surface area contributed by atoms with Gasteiger partial charge in [-0.05, 0) is 37.5 Å². The van der Waals surface area contributed by atoms with Crippen LogP contribution >= 0.6 is 0 Å². The summed E-state index contributed by atoms with van der Waals surface area (Å²) in [5, 5.41) is 10.3. The van der Waals surface area contributed by atoms with Gasteiger partial charge < -0.3 is 19.3 Å². The molecule has 1 atom stereocenters. The van der Waals surface area contributed by atoms with Crippen LogP contribution in [-0.2, 0) is 15.9 Å². The highest BCUT2D eigenvalue weighted by molar-refractivity contribution is 5.27.